The minimum Gasteiger partial charge on any atom is -0.324 e. The molecule has 0 aliphatic carbocycles. The van der Waals surface area contributed by atoms with Crippen LogP contribution in [0.15, 0.2) is 36.4 Å². The van der Waals surface area contributed by atoms with Gasteiger partial charge in [-0.25, -0.2) is 17.2 Å². The molecule has 10 heteroatoms. The molecule has 0 heterocycles. The van der Waals surface area contributed by atoms with E-state index in [0.717, 1.165) is 18.4 Å². The summed E-state index contributed by atoms with van der Waals surface area (Å²) in [6.07, 6.45) is 0.805. The fourth-order valence-corrected chi connectivity index (χ4v) is 3.40. The third-order valence-corrected chi connectivity index (χ3v) is 4.58. The maximum atomic E-state index is 13.9. The highest BCUT2D eigenvalue weighted by Gasteiger charge is 2.24. The lowest BCUT2D eigenvalue weighted by Crippen LogP contribution is -2.38. The summed E-state index contributed by atoms with van der Waals surface area (Å²) in [5, 5.41) is 2.96. The van der Waals surface area contributed by atoms with Crippen molar-refractivity contribution in [2.24, 2.45) is 0 Å². The van der Waals surface area contributed by atoms with E-state index in [1.54, 1.807) is 0 Å². The molecule has 0 aliphatic rings. The number of hydrogen-bond donors (Lipinski definition) is 1. The molecule has 0 saturated heterocycles. The van der Waals surface area contributed by atoms with Gasteiger partial charge in [-0.1, -0.05) is 23.2 Å². The molecule has 2 aromatic carbocycles. The van der Waals surface area contributed by atoms with Gasteiger partial charge in [-0.15, -0.1) is 0 Å². The van der Waals surface area contributed by atoms with Gasteiger partial charge in [0, 0.05) is 21.8 Å². The molecule has 0 aromatic heterocycles. The van der Waals surface area contributed by atoms with Crippen LogP contribution in [0.3, 0.4) is 0 Å². The van der Waals surface area contributed by atoms with Crippen LogP contribution >= 0.6 is 23.2 Å². The number of hydrogen-bond acceptors (Lipinski definition) is 3. The number of carbonyl (C=O) groups excluding carboxylic acids is 1. The first-order chi connectivity index (χ1) is 11.6. The van der Waals surface area contributed by atoms with Crippen molar-refractivity contribution < 1.29 is 22.0 Å². The Morgan fingerprint density at radius 3 is 2.24 bits per heavy atom. The molecule has 134 valence electrons. The highest BCUT2D eigenvalue weighted by Crippen LogP contribution is 2.24. The molecule has 0 bridgehead atoms. The second kappa shape index (κ2) is 7.55. The van der Waals surface area contributed by atoms with Gasteiger partial charge in [-0.05, 0) is 30.3 Å². The molecular weight excluding hydrogens is 397 g/mol. The molecule has 0 saturated carbocycles. The number of benzene rings is 2. The van der Waals surface area contributed by atoms with E-state index in [1.165, 1.54) is 18.2 Å². The van der Waals surface area contributed by atoms with Gasteiger partial charge < -0.3 is 5.32 Å². The molecule has 0 radical (unpaired) electrons. The van der Waals surface area contributed by atoms with E-state index in [1.807, 2.05) is 0 Å². The quantitative estimate of drug-likeness (QED) is 0.820. The zero-order valence-electron chi connectivity index (χ0n) is 12.8. The predicted octanol–water partition coefficient (Wildman–Crippen LogP) is 3.68. The number of carbonyl (C=O) groups is 1. The minimum atomic E-state index is -4.00. The summed E-state index contributed by atoms with van der Waals surface area (Å²) < 4.78 is 51.3. The fraction of sp³-hybridized carbons (Fsp3) is 0.133. The SMILES string of the molecule is CS(=O)(=O)N(CC(=O)Nc1cc(Cl)cc(Cl)c1)c1ccc(F)cc1F. The van der Waals surface area contributed by atoms with Crippen molar-refractivity contribution >= 4 is 50.5 Å². The first-order valence-electron chi connectivity index (χ1n) is 6.75. The minimum absolute atomic E-state index is 0.246. The number of rotatable bonds is 5. The van der Waals surface area contributed by atoms with E-state index >= 15 is 0 Å². The van der Waals surface area contributed by atoms with Gasteiger partial charge in [0.25, 0.3) is 0 Å². The van der Waals surface area contributed by atoms with Crippen LogP contribution in [0.5, 0.6) is 0 Å². The Kier molecular flexibility index (Phi) is 5.87. The highest BCUT2D eigenvalue weighted by atomic mass is 35.5. The number of halogens is 4. The van der Waals surface area contributed by atoms with Crippen molar-refractivity contribution in [3.63, 3.8) is 0 Å². The average Bonchev–Trinajstić information content (AvgIpc) is 2.43. The van der Waals surface area contributed by atoms with Crippen LogP contribution in [0, 0.1) is 11.6 Å². The van der Waals surface area contributed by atoms with Crippen LogP contribution in [0.25, 0.3) is 0 Å². The van der Waals surface area contributed by atoms with E-state index in [0.29, 0.717) is 10.4 Å². The van der Waals surface area contributed by atoms with Gasteiger partial charge in [0.15, 0.2) is 0 Å². The Labute approximate surface area is 153 Å². The largest absolute Gasteiger partial charge is 0.324 e. The normalized spacial score (nSPS) is 11.2. The van der Waals surface area contributed by atoms with Crippen LogP contribution in [0.2, 0.25) is 10.0 Å². The summed E-state index contributed by atoms with van der Waals surface area (Å²) in [6, 6.07) is 6.64. The summed E-state index contributed by atoms with van der Waals surface area (Å²) in [5.74, 6) is -2.73. The van der Waals surface area contributed by atoms with Gasteiger partial charge in [-0.2, -0.15) is 0 Å². The third-order valence-electron chi connectivity index (χ3n) is 3.01. The molecule has 0 aliphatic heterocycles. The van der Waals surface area contributed by atoms with Crippen molar-refractivity contribution in [2.75, 3.05) is 22.4 Å². The van der Waals surface area contributed by atoms with Crippen LogP contribution in [0.4, 0.5) is 20.2 Å². The van der Waals surface area contributed by atoms with Crippen LogP contribution in [0.1, 0.15) is 0 Å². The highest BCUT2D eigenvalue weighted by molar-refractivity contribution is 7.92. The van der Waals surface area contributed by atoms with Gasteiger partial charge in [0.2, 0.25) is 15.9 Å². The molecule has 25 heavy (non-hydrogen) atoms. The van der Waals surface area contributed by atoms with Crippen molar-refractivity contribution in [3.8, 4) is 0 Å². The molecule has 0 spiro atoms. The Morgan fingerprint density at radius 1 is 1.12 bits per heavy atom. The number of nitrogens with one attached hydrogen (secondary N) is 1. The maximum Gasteiger partial charge on any atom is 0.245 e. The summed E-state index contributed by atoms with van der Waals surface area (Å²) in [4.78, 5) is 12.1. The third kappa shape index (κ3) is 5.29. The van der Waals surface area contributed by atoms with Crippen molar-refractivity contribution in [2.45, 2.75) is 0 Å². The lowest BCUT2D eigenvalue weighted by Gasteiger charge is -2.22. The molecule has 1 amide bonds. The zero-order valence-corrected chi connectivity index (χ0v) is 15.1. The van der Waals surface area contributed by atoms with E-state index in [-0.39, 0.29) is 15.7 Å². The summed E-state index contributed by atoms with van der Waals surface area (Å²) >= 11 is 11.6. The Hall–Kier alpha value is -1.90. The lowest BCUT2D eigenvalue weighted by atomic mass is 10.3. The lowest BCUT2D eigenvalue weighted by molar-refractivity contribution is -0.114. The Morgan fingerprint density at radius 2 is 1.72 bits per heavy atom. The second-order valence-electron chi connectivity index (χ2n) is 5.07. The summed E-state index contributed by atoms with van der Waals surface area (Å²) in [7, 11) is -4.00. The van der Waals surface area contributed by atoms with Crippen molar-refractivity contribution in [1.29, 1.82) is 0 Å². The molecule has 2 rings (SSSR count). The second-order valence-corrected chi connectivity index (χ2v) is 7.85. The topological polar surface area (TPSA) is 66.5 Å². The molecule has 0 atom stereocenters. The van der Waals surface area contributed by atoms with Crippen LogP contribution in [-0.4, -0.2) is 27.1 Å². The average molecular weight is 409 g/mol. The zero-order chi connectivity index (χ0) is 18.8. The van der Waals surface area contributed by atoms with Gasteiger partial charge in [0.1, 0.15) is 18.2 Å². The van der Waals surface area contributed by atoms with E-state index < -0.39 is 39.8 Å². The molecule has 0 fully saturated rings. The number of amides is 1. The van der Waals surface area contributed by atoms with Gasteiger partial charge in [0.05, 0.1) is 11.9 Å². The van der Waals surface area contributed by atoms with Crippen LogP contribution < -0.4 is 9.62 Å². The van der Waals surface area contributed by atoms with Crippen molar-refractivity contribution in [1.82, 2.24) is 0 Å². The monoisotopic (exact) mass is 408 g/mol. The maximum absolute atomic E-state index is 13.9. The van der Waals surface area contributed by atoms with Gasteiger partial charge >= 0.3 is 0 Å². The molecule has 0 unspecified atom stereocenters. The van der Waals surface area contributed by atoms with Crippen molar-refractivity contribution in [3.05, 3.63) is 58.1 Å². The van der Waals surface area contributed by atoms with E-state index in [2.05, 4.69) is 5.32 Å². The number of sulfonamides is 1. The van der Waals surface area contributed by atoms with Crippen LogP contribution in [-0.2, 0) is 14.8 Å². The predicted molar refractivity (Wildman–Crippen MR) is 93.6 cm³/mol. The number of nitrogens with zero attached hydrogens (tertiary/aromatic N) is 1. The van der Waals surface area contributed by atoms with Gasteiger partial charge in [-0.3, -0.25) is 9.10 Å². The Balaban J connectivity index is 2.27. The summed E-state index contributed by atoms with van der Waals surface area (Å²) in [6.45, 7) is -0.717. The van der Waals surface area contributed by atoms with E-state index in [4.69, 9.17) is 23.2 Å². The molecule has 2 aromatic rings. The Bertz CT molecular complexity index is 903. The molecule has 1 N–H and O–H groups in total. The van der Waals surface area contributed by atoms with E-state index in [9.17, 15) is 22.0 Å². The fourth-order valence-electron chi connectivity index (χ4n) is 2.02. The molecular formula is C15H12Cl2F2N2O3S. The number of anilines is 2. The molecule has 5 nitrogen and oxygen atoms in total. The smallest absolute Gasteiger partial charge is 0.245 e. The summed E-state index contributed by atoms with van der Waals surface area (Å²) in [5.41, 5.74) is -0.196. The first kappa shape index (κ1) is 19.4. The first-order valence-corrected chi connectivity index (χ1v) is 9.35. The standard InChI is InChI=1S/C15H12Cl2F2N2O3S/c1-25(23,24)21(14-3-2-11(18)7-13(14)19)8-15(22)20-12-5-9(16)4-10(17)6-12/h2-7H,8H2,1H3,(H,20,22).